The van der Waals surface area contributed by atoms with Crippen LogP contribution in [0.1, 0.15) is 64.4 Å². The number of rotatable bonds is 18. The van der Waals surface area contributed by atoms with Gasteiger partial charge in [0, 0.05) is 6.42 Å². The van der Waals surface area contributed by atoms with Crippen LogP contribution in [0.2, 0.25) is 0 Å². The summed E-state index contributed by atoms with van der Waals surface area (Å²) in [7, 11) is 0. The van der Waals surface area contributed by atoms with E-state index < -0.39 is 5.97 Å². The molecule has 0 amide bonds. The van der Waals surface area contributed by atoms with Crippen LogP contribution in [0.15, 0.2) is 42.5 Å². The zero-order chi connectivity index (χ0) is 25.0. The molecule has 0 spiro atoms. The van der Waals surface area contributed by atoms with E-state index in [2.05, 4.69) is 6.58 Å². The van der Waals surface area contributed by atoms with E-state index in [1.165, 1.54) is 0 Å². The van der Waals surface area contributed by atoms with E-state index in [0.717, 1.165) is 43.4 Å². The van der Waals surface area contributed by atoms with Gasteiger partial charge in [0.05, 0.1) is 19.8 Å². The Kier molecular flexibility index (Phi) is 15.6. The highest BCUT2D eigenvalue weighted by molar-refractivity contribution is 6.01. The molecule has 0 saturated carbocycles. The summed E-state index contributed by atoms with van der Waals surface area (Å²) in [6, 6.07) is 9.22. The van der Waals surface area contributed by atoms with Crippen molar-refractivity contribution in [2.45, 2.75) is 58.8 Å². The van der Waals surface area contributed by atoms with Crippen molar-refractivity contribution in [3.05, 3.63) is 48.1 Å². The SMILES string of the molecule is C=CCCCCCCC(=O)OCCOCCOC(=O)/C(C#N)=C(\CC)c1ccc(OCC)cc1. The maximum absolute atomic E-state index is 12.4. The van der Waals surface area contributed by atoms with Gasteiger partial charge in [0.25, 0.3) is 0 Å². The minimum atomic E-state index is -0.684. The summed E-state index contributed by atoms with van der Waals surface area (Å²) >= 11 is 0. The smallest absolute Gasteiger partial charge is 0.349 e. The molecule has 0 aliphatic heterocycles. The largest absolute Gasteiger partial charge is 0.494 e. The molecule has 0 heterocycles. The monoisotopic (exact) mass is 471 g/mol. The fraction of sp³-hybridized carbons (Fsp3) is 0.519. The summed E-state index contributed by atoms with van der Waals surface area (Å²) in [4.78, 5) is 24.1. The summed E-state index contributed by atoms with van der Waals surface area (Å²) in [5.74, 6) is -0.190. The number of benzene rings is 1. The van der Waals surface area contributed by atoms with Crippen LogP contribution in [-0.2, 0) is 23.8 Å². The Hall–Kier alpha value is -3.11. The molecule has 7 heteroatoms. The summed E-state index contributed by atoms with van der Waals surface area (Å²) in [5.41, 5.74) is 1.36. The van der Waals surface area contributed by atoms with Gasteiger partial charge in [-0.05, 0) is 55.9 Å². The molecule has 0 fully saturated rings. The number of allylic oxidation sites excluding steroid dienone is 2. The lowest BCUT2D eigenvalue weighted by Crippen LogP contribution is -2.16. The van der Waals surface area contributed by atoms with Crippen molar-refractivity contribution in [1.29, 1.82) is 5.26 Å². The van der Waals surface area contributed by atoms with Gasteiger partial charge in [-0.1, -0.05) is 38.0 Å². The average Bonchev–Trinajstić information content (AvgIpc) is 2.84. The van der Waals surface area contributed by atoms with Crippen LogP contribution >= 0.6 is 0 Å². The molecule has 0 aliphatic carbocycles. The van der Waals surface area contributed by atoms with E-state index >= 15 is 0 Å². The normalized spacial score (nSPS) is 11.2. The molecule has 1 aromatic rings. The molecule has 0 aromatic heterocycles. The third kappa shape index (κ3) is 11.7. The number of ether oxygens (including phenoxy) is 4. The van der Waals surface area contributed by atoms with Crippen molar-refractivity contribution in [3.8, 4) is 11.8 Å². The number of hydrogen-bond donors (Lipinski definition) is 0. The lowest BCUT2D eigenvalue weighted by Gasteiger charge is -2.11. The predicted molar refractivity (Wildman–Crippen MR) is 131 cm³/mol. The number of carbonyl (C=O) groups is 2. The zero-order valence-electron chi connectivity index (χ0n) is 20.5. The van der Waals surface area contributed by atoms with E-state index in [-0.39, 0.29) is 38.0 Å². The van der Waals surface area contributed by atoms with E-state index in [9.17, 15) is 14.9 Å². The van der Waals surface area contributed by atoms with Crippen molar-refractivity contribution in [1.82, 2.24) is 0 Å². The highest BCUT2D eigenvalue weighted by atomic mass is 16.6. The molecule has 186 valence electrons. The van der Waals surface area contributed by atoms with Gasteiger partial charge in [-0.15, -0.1) is 6.58 Å². The van der Waals surface area contributed by atoms with Gasteiger partial charge in [0.1, 0.15) is 30.6 Å². The first-order valence-electron chi connectivity index (χ1n) is 11.9. The van der Waals surface area contributed by atoms with Gasteiger partial charge in [-0.3, -0.25) is 4.79 Å². The van der Waals surface area contributed by atoms with Crippen LogP contribution in [0.5, 0.6) is 5.75 Å². The number of nitrogens with zero attached hydrogens (tertiary/aromatic N) is 1. The number of carbonyl (C=O) groups excluding carboxylic acids is 2. The summed E-state index contributed by atoms with van der Waals surface area (Å²) < 4.78 is 21.1. The topological polar surface area (TPSA) is 94.9 Å². The standard InChI is InChI=1S/C27H37NO6/c1-4-7-8-9-10-11-12-26(29)33-19-17-31-18-20-34-27(30)25(21-28)24(5-2)22-13-15-23(16-14-22)32-6-3/h4,13-16H,1,5-12,17-20H2,2-3H3/b25-24+. The van der Waals surface area contributed by atoms with Crippen LogP contribution in [0.4, 0.5) is 0 Å². The molecule has 7 nitrogen and oxygen atoms in total. The molecule has 1 rings (SSSR count). The second-order valence-corrected chi connectivity index (χ2v) is 7.49. The van der Waals surface area contributed by atoms with E-state index in [0.29, 0.717) is 25.0 Å². The zero-order valence-corrected chi connectivity index (χ0v) is 20.5. The van der Waals surface area contributed by atoms with Gasteiger partial charge in [-0.2, -0.15) is 5.26 Å². The Bertz CT molecular complexity index is 823. The maximum atomic E-state index is 12.4. The lowest BCUT2D eigenvalue weighted by molar-refractivity contribution is -0.145. The number of hydrogen-bond acceptors (Lipinski definition) is 7. The highest BCUT2D eigenvalue weighted by Gasteiger charge is 2.17. The molecule has 0 unspecified atom stereocenters. The molecule has 0 N–H and O–H groups in total. The molecule has 0 bridgehead atoms. The lowest BCUT2D eigenvalue weighted by atomic mass is 9.98. The fourth-order valence-corrected chi connectivity index (χ4v) is 3.25. The molecular weight excluding hydrogens is 434 g/mol. The molecule has 0 radical (unpaired) electrons. The Labute approximate surface area is 203 Å². The van der Waals surface area contributed by atoms with Gasteiger partial charge >= 0.3 is 11.9 Å². The molecule has 0 atom stereocenters. The van der Waals surface area contributed by atoms with E-state index in [4.69, 9.17) is 18.9 Å². The minimum Gasteiger partial charge on any atom is -0.494 e. The van der Waals surface area contributed by atoms with Crippen molar-refractivity contribution in [3.63, 3.8) is 0 Å². The van der Waals surface area contributed by atoms with Gasteiger partial charge in [0.15, 0.2) is 0 Å². The maximum Gasteiger partial charge on any atom is 0.349 e. The van der Waals surface area contributed by atoms with Crippen LogP contribution in [0.3, 0.4) is 0 Å². The Morgan fingerprint density at radius 2 is 1.65 bits per heavy atom. The summed E-state index contributed by atoms with van der Waals surface area (Å²) in [5, 5.41) is 9.52. The molecule has 0 saturated heterocycles. The number of esters is 2. The first-order chi connectivity index (χ1) is 16.6. The first kappa shape index (κ1) is 28.9. The third-order valence-electron chi connectivity index (χ3n) is 4.98. The second kappa shape index (κ2) is 18.3. The quantitative estimate of drug-likeness (QED) is 0.0929. The Balaban J connectivity index is 2.32. The number of unbranched alkanes of at least 4 members (excludes halogenated alkanes) is 4. The minimum absolute atomic E-state index is 0.00292. The van der Waals surface area contributed by atoms with E-state index in [1.807, 2.05) is 38.1 Å². The Morgan fingerprint density at radius 3 is 2.26 bits per heavy atom. The summed E-state index contributed by atoms with van der Waals surface area (Å²) in [6.07, 6.45) is 7.83. The van der Waals surface area contributed by atoms with Gasteiger partial charge < -0.3 is 18.9 Å². The summed E-state index contributed by atoms with van der Waals surface area (Å²) in [6.45, 7) is 8.56. The highest BCUT2D eigenvalue weighted by Crippen LogP contribution is 2.25. The van der Waals surface area contributed by atoms with Crippen molar-refractivity contribution in [2.75, 3.05) is 33.0 Å². The molecule has 1 aromatic carbocycles. The van der Waals surface area contributed by atoms with Gasteiger partial charge in [0.2, 0.25) is 0 Å². The van der Waals surface area contributed by atoms with Crippen molar-refractivity contribution in [2.24, 2.45) is 0 Å². The Morgan fingerprint density at radius 1 is 0.971 bits per heavy atom. The predicted octanol–water partition coefficient (Wildman–Crippen LogP) is 5.40. The van der Waals surface area contributed by atoms with Crippen LogP contribution in [0, 0.1) is 11.3 Å². The second-order valence-electron chi connectivity index (χ2n) is 7.49. The third-order valence-corrected chi connectivity index (χ3v) is 4.98. The van der Waals surface area contributed by atoms with Crippen molar-refractivity contribution < 1.29 is 28.5 Å². The number of nitriles is 1. The van der Waals surface area contributed by atoms with Crippen molar-refractivity contribution >= 4 is 17.5 Å². The molecular formula is C27H37NO6. The molecule has 0 aliphatic rings. The van der Waals surface area contributed by atoms with Crippen LogP contribution in [-0.4, -0.2) is 45.0 Å². The average molecular weight is 472 g/mol. The van der Waals surface area contributed by atoms with Crippen LogP contribution < -0.4 is 4.74 Å². The van der Waals surface area contributed by atoms with E-state index in [1.54, 1.807) is 12.1 Å². The fourth-order valence-electron chi connectivity index (χ4n) is 3.25. The van der Waals surface area contributed by atoms with Crippen LogP contribution in [0.25, 0.3) is 5.57 Å². The van der Waals surface area contributed by atoms with Gasteiger partial charge in [-0.25, -0.2) is 4.79 Å². The first-order valence-corrected chi connectivity index (χ1v) is 11.9. The molecule has 34 heavy (non-hydrogen) atoms.